The van der Waals surface area contributed by atoms with Gasteiger partial charge in [0, 0.05) is 35.6 Å². The van der Waals surface area contributed by atoms with Gasteiger partial charge in [-0.25, -0.2) is 0 Å². The fourth-order valence-electron chi connectivity index (χ4n) is 7.43. The highest BCUT2D eigenvalue weighted by atomic mass is 35.5. The first-order valence-electron chi connectivity index (χ1n) is 15.0. The molecule has 42 heavy (non-hydrogen) atoms. The van der Waals surface area contributed by atoms with Gasteiger partial charge in [0.1, 0.15) is 8.07 Å². The van der Waals surface area contributed by atoms with Crippen LogP contribution in [0.3, 0.4) is 0 Å². The van der Waals surface area contributed by atoms with E-state index in [1.807, 2.05) is 11.3 Å². The predicted molar refractivity (Wildman–Crippen MR) is 194 cm³/mol. The van der Waals surface area contributed by atoms with Gasteiger partial charge >= 0.3 is 0 Å². The highest BCUT2D eigenvalue weighted by Crippen LogP contribution is 2.48. The molecular formula is C38H39ClS2Si. The van der Waals surface area contributed by atoms with E-state index in [0.29, 0.717) is 16.6 Å². The van der Waals surface area contributed by atoms with Crippen LogP contribution < -0.4 is 4.50 Å². The van der Waals surface area contributed by atoms with Gasteiger partial charge in [-0.05, 0) is 68.5 Å². The van der Waals surface area contributed by atoms with Gasteiger partial charge in [-0.15, -0.1) is 22.7 Å². The molecule has 0 bridgehead atoms. The molecule has 0 amide bonds. The molecule has 0 saturated carbocycles. The van der Waals surface area contributed by atoms with E-state index in [1.54, 1.807) is 4.50 Å². The van der Waals surface area contributed by atoms with Gasteiger partial charge in [-0.1, -0.05) is 132 Å². The van der Waals surface area contributed by atoms with Crippen molar-refractivity contribution in [2.45, 2.75) is 65.1 Å². The Morgan fingerprint density at radius 1 is 0.571 bits per heavy atom. The maximum Gasteiger partial charge on any atom is 0.107 e. The number of hydrogen-bond donors (Lipinski definition) is 0. The summed E-state index contributed by atoms with van der Waals surface area (Å²) in [6.07, 6.45) is 0. The van der Waals surface area contributed by atoms with Crippen LogP contribution in [0, 0.1) is 6.92 Å². The van der Waals surface area contributed by atoms with Crippen LogP contribution in [-0.2, 0) is 0 Å². The molecule has 0 saturated heterocycles. The zero-order valence-corrected chi connectivity index (χ0v) is 29.0. The summed E-state index contributed by atoms with van der Waals surface area (Å²) in [6, 6.07) is 33.7. The summed E-state index contributed by atoms with van der Waals surface area (Å²) >= 11 is 10.8. The van der Waals surface area contributed by atoms with Gasteiger partial charge in [0.25, 0.3) is 0 Å². The molecule has 0 radical (unpaired) electrons. The van der Waals surface area contributed by atoms with Gasteiger partial charge < -0.3 is 0 Å². The summed E-state index contributed by atoms with van der Waals surface area (Å²) < 4.78 is 4.31. The van der Waals surface area contributed by atoms with Crippen molar-refractivity contribution in [2.75, 3.05) is 0 Å². The SMILES string of the molecule is Cc1ccc(-c2cc3c(Cl)ccc(-c4ccc(-c5ccccc5)c5sc([Si](C(C)C)(C(C)C)C(C)C)cc45)c3s2)cc1. The molecule has 0 aliphatic rings. The average Bonchev–Trinajstić information content (AvgIpc) is 3.60. The van der Waals surface area contributed by atoms with E-state index in [4.69, 9.17) is 11.6 Å². The van der Waals surface area contributed by atoms with Gasteiger partial charge in [0.2, 0.25) is 0 Å². The number of rotatable bonds is 7. The van der Waals surface area contributed by atoms with E-state index in [2.05, 4.69) is 151 Å². The summed E-state index contributed by atoms with van der Waals surface area (Å²) in [4.78, 5) is 1.26. The van der Waals surface area contributed by atoms with Crippen LogP contribution in [0.5, 0.6) is 0 Å². The van der Waals surface area contributed by atoms with Crippen molar-refractivity contribution in [1.82, 2.24) is 0 Å². The third-order valence-corrected chi connectivity index (χ3v) is 19.9. The standard InChI is InChI=1S/C38H39ClS2Si/c1-23(2)42(24(3)4,25(5)6)36-22-32-30(18-17-29(37(32)41-36)27-11-9-8-10-12-27)31-19-20-34(39)33-21-35(40-38(31)33)28-15-13-26(7)14-16-28/h8-25H,1-7H3. The lowest BCUT2D eigenvalue weighted by Gasteiger charge is -2.42. The Morgan fingerprint density at radius 3 is 1.81 bits per heavy atom. The van der Waals surface area contributed by atoms with E-state index >= 15 is 0 Å². The van der Waals surface area contributed by atoms with Gasteiger partial charge in [-0.3, -0.25) is 0 Å². The molecule has 4 heteroatoms. The summed E-state index contributed by atoms with van der Waals surface area (Å²) in [5.74, 6) is 0. The molecule has 0 aliphatic carbocycles. The Hall–Kier alpha value is -2.69. The summed E-state index contributed by atoms with van der Waals surface area (Å²) in [7, 11) is -1.84. The first-order valence-corrected chi connectivity index (χ1v) is 19.3. The second-order valence-corrected chi connectivity index (χ2v) is 21.3. The first kappa shape index (κ1) is 29.4. The molecule has 0 atom stereocenters. The van der Waals surface area contributed by atoms with E-state index < -0.39 is 8.07 Å². The van der Waals surface area contributed by atoms with Crippen LogP contribution in [0.4, 0.5) is 0 Å². The van der Waals surface area contributed by atoms with Crippen molar-refractivity contribution in [3.8, 4) is 32.7 Å². The Balaban J connectivity index is 1.65. The van der Waals surface area contributed by atoms with E-state index in [9.17, 15) is 0 Å². The lowest BCUT2D eigenvalue weighted by Crippen LogP contribution is -2.54. The van der Waals surface area contributed by atoms with Gasteiger partial charge in [0.05, 0.1) is 0 Å². The zero-order valence-electron chi connectivity index (χ0n) is 25.6. The number of aryl methyl sites for hydroxylation is 1. The number of fused-ring (bicyclic) bond motifs is 2. The van der Waals surface area contributed by atoms with E-state index in [0.717, 1.165) is 10.4 Å². The normalized spacial score (nSPS) is 12.5. The molecule has 4 aromatic carbocycles. The Kier molecular flexibility index (Phi) is 7.99. The quantitative estimate of drug-likeness (QED) is 0.155. The summed E-state index contributed by atoms with van der Waals surface area (Å²) in [5, 5.41) is 3.34. The first-order chi connectivity index (χ1) is 20.1. The van der Waals surface area contributed by atoms with Crippen LogP contribution in [0.1, 0.15) is 47.1 Å². The predicted octanol–water partition coefficient (Wildman–Crippen LogP) is 13.0. The smallest absolute Gasteiger partial charge is 0.107 e. The molecule has 0 N–H and O–H groups in total. The van der Waals surface area contributed by atoms with Crippen molar-refractivity contribution >= 4 is 67.0 Å². The lowest BCUT2D eigenvalue weighted by molar-refractivity contribution is 0.837. The van der Waals surface area contributed by atoms with Crippen LogP contribution >= 0.6 is 34.3 Å². The van der Waals surface area contributed by atoms with Crippen molar-refractivity contribution in [2.24, 2.45) is 0 Å². The third kappa shape index (κ3) is 4.79. The van der Waals surface area contributed by atoms with Crippen LogP contribution in [0.15, 0.2) is 91.0 Å². The topological polar surface area (TPSA) is 0 Å². The molecule has 0 fully saturated rings. The van der Waals surface area contributed by atoms with Gasteiger partial charge in [-0.2, -0.15) is 0 Å². The fraction of sp³-hybridized carbons (Fsp3) is 0.263. The van der Waals surface area contributed by atoms with Crippen molar-refractivity contribution in [3.63, 3.8) is 0 Å². The van der Waals surface area contributed by atoms with Crippen LogP contribution in [0.2, 0.25) is 21.6 Å². The molecular weight excluding hydrogens is 584 g/mol. The summed E-state index contributed by atoms with van der Waals surface area (Å²) in [6.45, 7) is 17.0. The number of thiophene rings is 2. The molecule has 2 heterocycles. The van der Waals surface area contributed by atoms with E-state index in [-0.39, 0.29) is 0 Å². The Morgan fingerprint density at radius 2 is 1.17 bits per heavy atom. The van der Waals surface area contributed by atoms with Gasteiger partial charge in [0.15, 0.2) is 0 Å². The molecule has 0 spiro atoms. The monoisotopic (exact) mass is 622 g/mol. The third-order valence-electron chi connectivity index (χ3n) is 9.32. The van der Waals surface area contributed by atoms with Crippen LogP contribution in [-0.4, -0.2) is 8.07 Å². The van der Waals surface area contributed by atoms with E-state index in [1.165, 1.54) is 53.0 Å². The Labute approximate surface area is 265 Å². The zero-order chi connectivity index (χ0) is 29.8. The molecule has 6 aromatic rings. The number of hydrogen-bond acceptors (Lipinski definition) is 2. The minimum Gasteiger partial charge on any atom is -0.144 e. The summed E-state index contributed by atoms with van der Waals surface area (Å²) in [5.41, 5.74) is 9.70. The molecule has 2 aromatic heterocycles. The highest BCUT2D eigenvalue weighted by molar-refractivity contribution is 7.32. The fourth-order valence-corrected chi connectivity index (χ4v) is 19.1. The second kappa shape index (κ2) is 11.4. The Bertz CT molecular complexity index is 1850. The molecule has 0 nitrogen and oxygen atoms in total. The largest absolute Gasteiger partial charge is 0.144 e. The van der Waals surface area contributed by atoms with Crippen molar-refractivity contribution in [1.29, 1.82) is 0 Å². The molecule has 0 unspecified atom stereocenters. The van der Waals surface area contributed by atoms with Crippen LogP contribution in [0.25, 0.3) is 52.9 Å². The highest BCUT2D eigenvalue weighted by Gasteiger charge is 2.45. The molecule has 214 valence electrons. The second-order valence-electron chi connectivity index (χ2n) is 12.6. The molecule has 0 aliphatic heterocycles. The maximum absolute atomic E-state index is 6.85. The number of benzene rings is 4. The number of halogens is 1. The van der Waals surface area contributed by atoms with Crippen molar-refractivity contribution < 1.29 is 0 Å². The molecule has 6 rings (SSSR count). The minimum atomic E-state index is -1.84. The minimum absolute atomic E-state index is 0.658. The maximum atomic E-state index is 6.85. The van der Waals surface area contributed by atoms with Crippen molar-refractivity contribution in [3.05, 3.63) is 102 Å². The average molecular weight is 623 g/mol. The lowest BCUT2D eigenvalue weighted by atomic mass is 9.96.